The van der Waals surface area contributed by atoms with E-state index >= 15 is 4.39 Å². The van der Waals surface area contributed by atoms with Crippen LogP contribution in [0.1, 0.15) is 50.2 Å². The Bertz CT molecular complexity index is 1490. The number of esters is 1. The summed E-state index contributed by atoms with van der Waals surface area (Å²) in [5, 5.41) is 4.41. The maximum Gasteiger partial charge on any atom is 0.340 e. The minimum atomic E-state index is -0.816. The van der Waals surface area contributed by atoms with Gasteiger partial charge < -0.3 is 14.6 Å². The predicted octanol–water partition coefficient (Wildman–Crippen LogP) is 4.86. The quantitative estimate of drug-likeness (QED) is 0.327. The highest BCUT2D eigenvalue weighted by Crippen LogP contribution is 2.45. The Morgan fingerprint density at radius 1 is 1.14 bits per heavy atom. The van der Waals surface area contributed by atoms with Gasteiger partial charge in [-0.15, -0.1) is 0 Å². The molecule has 1 spiro atoms. The number of hydrogen-bond acceptors (Lipinski definition) is 5. The van der Waals surface area contributed by atoms with Gasteiger partial charge in [0.25, 0.3) is 0 Å². The number of carbonyl (C=O) groups is 2. The van der Waals surface area contributed by atoms with Crippen LogP contribution in [0.3, 0.4) is 0 Å². The molecule has 1 N–H and O–H groups in total. The van der Waals surface area contributed by atoms with Crippen LogP contribution in [0.4, 0.5) is 4.39 Å². The van der Waals surface area contributed by atoms with Crippen molar-refractivity contribution in [3.63, 3.8) is 0 Å². The average molecular weight is 490 g/mol. The van der Waals surface area contributed by atoms with Gasteiger partial charge >= 0.3 is 5.97 Å². The molecule has 2 aromatic heterocycles. The van der Waals surface area contributed by atoms with Crippen LogP contribution in [0.2, 0.25) is 5.02 Å². The molecule has 4 aromatic rings. The van der Waals surface area contributed by atoms with Crippen molar-refractivity contribution < 1.29 is 18.7 Å². The molecule has 0 radical (unpaired) electrons. The van der Waals surface area contributed by atoms with E-state index in [2.05, 4.69) is 10.3 Å². The highest BCUT2D eigenvalue weighted by Gasteiger charge is 2.48. The number of rotatable bonds is 4. The molecule has 6 rings (SSSR count). The molecule has 2 aromatic carbocycles. The number of benzene rings is 2. The van der Waals surface area contributed by atoms with Gasteiger partial charge in [-0.3, -0.25) is 9.78 Å². The molecule has 0 bridgehead atoms. The van der Waals surface area contributed by atoms with E-state index in [-0.39, 0.29) is 11.1 Å². The maximum atomic E-state index is 15.3. The molecule has 176 valence electrons. The van der Waals surface area contributed by atoms with E-state index in [9.17, 15) is 9.59 Å². The second-order valence-electron chi connectivity index (χ2n) is 9.00. The van der Waals surface area contributed by atoms with Gasteiger partial charge in [0.05, 0.1) is 16.6 Å². The Kier molecular flexibility index (Phi) is 5.20. The molecule has 8 heteroatoms. The third-order valence-electron chi connectivity index (χ3n) is 6.97. The molecule has 0 atom stereocenters. The maximum absolute atomic E-state index is 15.3. The molecule has 1 fully saturated rings. The number of nitrogens with one attached hydrogen (secondary N) is 1. The normalized spacial score (nSPS) is 16.5. The van der Waals surface area contributed by atoms with Crippen molar-refractivity contribution in [2.45, 2.75) is 25.0 Å². The summed E-state index contributed by atoms with van der Waals surface area (Å²) in [4.78, 5) is 31.0. The van der Waals surface area contributed by atoms with E-state index in [0.717, 1.165) is 11.1 Å². The van der Waals surface area contributed by atoms with Gasteiger partial charge in [0, 0.05) is 59.5 Å². The highest BCUT2D eigenvalue weighted by atomic mass is 35.5. The van der Waals surface area contributed by atoms with Gasteiger partial charge in [-0.05, 0) is 49.0 Å². The SMILES string of the molecule is O=C1OC2(CCNCC2)c2ccc(F)c(C(=O)c3cn(Cc4ccncc4)c4cc(Cl)ccc34)c21. The fourth-order valence-corrected chi connectivity index (χ4v) is 5.44. The molecular weight excluding hydrogens is 469 g/mol. The minimum Gasteiger partial charge on any atom is -0.450 e. The zero-order chi connectivity index (χ0) is 24.2. The van der Waals surface area contributed by atoms with E-state index in [1.54, 1.807) is 42.9 Å². The fraction of sp³-hybridized carbons (Fsp3) is 0.222. The molecule has 0 unspecified atom stereocenters. The Morgan fingerprint density at radius 2 is 1.91 bits per heavy atom. The molecule has 2 aliphatic heterocycles. The lowest BCUT2D eigenvalue weighted by Crippen LogP contribution is -2.40. The van der Waals surface area contributed by atoms with Crippen molar-refractivity contribution in [2.75, 3.05) is 13.1 Å². The van der Waals surface area contributed by atoms with Gasteiger partial charge in [0.2, 0.25) is 0 Å². The first-order valence-corrected chi connectivity index (χ1v) is 11.8. The molecule has 0 amide bonds. The summed E-state index contributed by atoms with van der Waals surface area (Å²) in [5.41, 5.74) is 1.61. The topological polar surface area (TPSA) is 73.2 Å². The number of nitrogens with zero attached hydrogens (tertiary/aromatic N) is 2. The van der Waals surface area contributed by atoms with Gasteiger partial charge in [-0.1, -0.05) is 23.7 Å². The number of piperidine rings is 1. The third-order valence-corrected chi connectivity index (χ3v) is 7.20. The summed E-state index contributed by atoms with van der Waals surface area (Å²) in [7, 11) is 0. The lowest BCUT2D eigenvalue weighted by Gasteiger charge is -2.33. The summed E-state index contributed by atoms with van der Waals surface area (Å²) in [6.45, 7) is 1.83. The Labute approximate surface area is 205 Å². The van der Waals surface area contributed by atoms with E-state index in [4.69, 9.17) is 16.3 Å². The lowest BCUT2D eigenvalue weighted by molar-refractivity contribution is -0.0242. The molecule has 1 saturated heterocycles. The van der Waals surface area contributed by atoms with Crippen LogP contribution < -0.4 is 5.32 Å². The van der Waals surface area contributed by atoms with E-state index < -0.39 is 23.2 Å². The van der Waals surface area contributed by atoms with Crippen LogP contribution >= 0.6 is 11.6 Å². The van der Waals surface area contributed by atoms with Crippen LogP contribution in [-0.4, -0.2) is 34.4 Å². The van der Waals surface area contributed by atoms with E-state index in [1.807, 2.05) is 16.7 Å². The Hall–Kier alpha value is -3.55. The van der Waals surface area contributed by atoms with Gasteiger partial charge in [-0.25, -0.2) is 9.18 Å². The molecule has 4 heterocycles. The molecule has 0 aliphatic carbocycles. The van der Waals surface area contributed by atoms with Crippen molar-refractivity contribution in [3.8, 4) is 0 Å². The fourth-order valence-electron chi connectivity index (χ4n) is 5.27. The smallest absolute Gasteiger partial charge is 0.340 e. The minimum absolute atomic E-state index is 0.0425. The number of ether oxygens (including phenoxy) is 1. The van der Waals surface area contributed by atoms with Gasteiger partial charge in [0.1, 0.15) is 11.4 Å². The van der Waals surface area contributed by atoms with Crippen molar-refractivity contribution in [3.05, 3.63) is 99.7 Å². The first kappa shape index (κ1) is 21.9. The molecule has 35 heavy (non-hydrogen) atoms. The largest absolute Gasteiger partial charge is 0.450 e. The van der Waals surface area contributed by atoms with Crippen LogP contribution in [0.25, 0.3) is 10.9 Å². The molecule has 2 aliphatic rings. The Balaban J connectivity index is 1.50. The Morgan fingerprint density at radius 3 is 2.69 bits per heavy atom. The van der Waals surface area contributed by atoms with Crippen molar-refractivity contribution in [1.82, 2.24) is 14.9 Å². The number of halogens is 2. The summed E-state index contributed by atoms with van der Waals surface area (Å²) >= 11 is 6.27. The van der Waals surface area contributed by atoms with Gasteiger partial charge in [-0.2, -0.15) is 0 Å². The van der Waals surface area contributed by atoms with Crippen molar-refractivity contribution in [2.24, 2.45) is 0 Å². The number of aromatic nitrogens is 2. The van der Waals surface area contributed by atoms with Crippen LogP contribution in [-0.2, 0) is 16.9 Å². The average Bonchev–Trinajstić information content (AvgIpc) is 3.34. The highest BCUT2D eigenvalue weighted by molar-refractivity contribution is 6.31. The van der Waals surface area contributed by atoms with E-state index in [0.29, 0.717) is 54.0 Å². The zero-order valence-corrected chi connectivity index (χ0v) is 19.4. The van der Waals surface area contributed by atoms with Gasteiger partial charge in [0.15, 0.2) is 5.78 Å². The zero-order valence-electron chi connectivity index (χ0n) is 18.7. The second kappa shape index (κ2) is 8.29. The summed E-state index contributed by atoms with van der Waals surface area (Å²) in [6.07, 6.45) is 6.25. The number of carbonyl (C=O) groups excluding carboxylic acids is 2. The second-order valence-corrected chi connectivity index (χ2v) is 9.43. The van der Waals surface area contributed by atoms with Crippen LogP contribution in [0.15, 0.2) is 61.1 Å². The first-order chi connectivity index (χ1) is 17.0. The van der Waals surface area contributed by atoms with E-state index in [1.165, 1.54) is 6.07 Å². The van der Waals surface area contributed by atoms with Crippen LogP contribution in [0.5, 0.6) is 0 Å². The standard InChI is InChI=1S/C27H21ClFN3O3/c28-17-1-2-18-19(15-32(22(18)13-17)14-16-5-9-30-10-6-16)25(33)24-21(29)4-3-20-23(24)26(34)35-27(20)7-11-31-12-8-27/h1-6,9-10,13,15,31H,7-8,11-12,14H2. The number of hydrogen-bond donors (Lipinski definition) is 1. The number of fused-ring (bicyclic) bond motifs is 3. The summed E-state index contributed by atoms with van der Waals surface area (Å²) < 4.78 is 23.0. The molecule has 6 nitrogen and oxygen atoms in total. The first-order valence-electron chi connectivity index (χ1n) is 11.5. The van der Waals surface area contributed by atoms with Crippen LogP contribution in [0, 0.1) is 5.82 Å². The monoisotopic (exact) mass is 489 g/mol. The molecule has 0 saturated carbocycles. The third kappa shape index (κ3) is 3.54. The summed E-state index contributed by atoms with van der Waals surface area (Å²) in [5.74, 6) is -1.93. The molecular formula is C27H21ClFN3O3. The lowest BCUT2D eigenvalue weighted by atomic mass is 9.82. The predicted molar refractivity (Wildman–Crippen MR) is 129 cm³/mol. The number of ketones is 1. The summed E-state index contributed by atoms with van der Waals surface area (Å²) in [6, 6.07) is 11.9. The van der Waals surface area contributed by atoms with Crippen molar-refractivity contribution >= 4 is 34.3 Å². The number of pyridine rings is 1. The van der Waals surface area contributed by atoms with Crippen molar-refractivity contribution in [1.29, 1.82) is 0 Å².